The Labute approximate surface area is 211 Å². The van der Waals surface area contributed by atoms with Gasteiger partial charge in [-0.3, -0.25) is 10.1 Å². The van der Waals surface area contributed by atoms with Gasteiger partial charge in [-0.15, -0.1) is 0 Å². The van der Waals surface area contributed by atoms with E-state index in [0.717, 1.165) is 48.0 Å². The molecule has 7 nitrogen and oxygen atoms in total. The quantitative estimate of drug-likeness (QED) is 0.326. The van der Waals surface area contributed by atoms with Crippen LogP contribution in [-0.4, -0.2) is 34.9 Å². The number of urea groups is 1. The van der Waals surface area contributed by atoms with Crippen LogP contribution in [0.1, 0.15) is 36.2 Å². The normalized spacial score (nSPS) is 12.6. The summed E-state index contributed by atoms with van der Waals surface area (Å²) < 4.78 is 6.04. The number of fused-ring (bicyclic) bond motifs is 1. The van der Waals surface area contributed by atoms with Crippen molar-refractivity contribution >= 4 is 34.2 Å². The molecule has 184 valence electrons. The molecule has 2 N–H and O–H groups in total. The van der Waals surface area contributed by atoms with Crippen LogP contribution < -0.4 is 15.4 Å². The summed E-state index contributed by atoms with van der Waals surface area (Å²) in [5, 5.41) is 7.66. The van der Waals surface area contributed by atoms with Crippen LogP contribution in [0, 0.1) is 6.92 Å². The molecule has 5 rings (SSSR count). The maximum Gasteiger partial charge on any atom is 0.323 e. The van der Waals surface area contributed by atoms with Gasteiger partial charge in [0, 0.05) is 36.6 Å². The van der Waals surface area contributed by atoms with Gasteiger partial charge in [0.15, 0.2) is 0 Å². The Bertz CT molecular complexity index is 1400. The maximum atomic E-state index is 12.8. The molecule has 36 heavy (non-hydrogen) atoms. The summed E-state index contributed by atoms with van der Waals surface area (Å²) in [6, 6.07) is 22.3. The van der Waals surface area contributed by atoms with Gasteiger partial charge in [0.05, 0.1) is 0 Å². The van der Waals surface area contributed by atoms with Crippen LogP contribution in [0.5, 0.6) is 11.5 Å². The van der Waals surface area contributed by atoms with Crippen LogP contribution in [-0.2, 0) is 0 Å². The van der Waals surface area contributed by atoms with E-state index in [0.29, 0.717) is 22.9 Å². The number of hydrogen-bond donors (Lipinski definition) is 2. The third-order valence-corrected chi connectivity index (χ3v) is 5.95. The summed E-state index contributed by atoms with van der Waals surface area (Å²) in [5.41, 5.74) is 2.41. The van der Waals surface area contributed by atoms with E-state index in [2.05, 4.69) is 15.6 Å². The fourth-order valence-electron chi connectivity index (χ4n) is 4.14. The van der Waals surface area contributed by atoms with Gasteiger partial charge < -0.3 is 15.0 Å². The van der Waals surface area contributed by atoms with Crippen molar-refractivity contribution in [2.24, 2.45) is 0 Å². The number of nitrogens with one attached hydrogen (secondary N) is 2. The first-order valence-corrected chi connectivity index (χ1v) is 11.7. The second-order valence-electron chi connectivity index (χ2n) is 8.65. The lowest BCUT2D eigenvalue weighted by molar-refractivity contribution is 0.102. The van der Waals surface area contributed by atoms with Crippen molar-refractivity contribution in [3.63, 3.8) is 0 Å². The Balaban J connectivity index is 0.00000304. The molecule has 1 aromatic heterocycles. The van der Waals surface area contributed by atoms with Crippen molar-refractivity contribution in [3.05, 3.63) is 90.1 Å². The zero-order chi connectivity index (χ0) is 24.2. The Hall–Kier alpha value is -4.39. The van der Waals surface area contributed by atoms with Gasteiger partial charge in [0.25, 0.3) is 5.91 Å². The van der Waals surface area contributed by atoms with E-state index in [4.69, 9.17) is 4.74 Å². The van der Waals surface area contributed by atoms with Crippen molar-refractivity contribution in [3.8, 4) is 11.5 Å². The Kier molecular flexibility index (Phi) is 7.49. The van der Waals surface area contributed by atoms with E-state index >= 15 is 0 Å². The van der Waals surface area contributed by atoms with E-state index in [9.17, 15) is 9.59 Å². The van der Waals surface area contributed by atoms with E-state index in [1.807, 2.05) is 67.6 Å². The van der Waals surface area contributed by atoms with Crippen LogP contribution in [0.4, 0.5) is 16.3 Å². The Morgan fingerprint density at radius 1 is 0.861 bits per heavy atom. The number of hydrogen-bond acceptors (Lipinski definition) is 4. The van der Waals surface area contributed by atoms with Gasteiger partial charge in [0.1, 0.15) is 17.3 Å². The fourth-order valence-corrected chi connectivity index (χ4v) is 4.14. The van der Waals surface area contributed by atoms with E-state index in [-0.39, 0.29) is 19.4 Å². The number of carbonyl (C=O) groups excluding carboxylic acids is 2. The van der Waals surface area contributed by atoms with E-state index in [1.165, 1.54) is 0 Å². The summed E-state index contributed by atoms with van der Waals surface area (Å²) >= 11 is 0. The average molecular weight is 483 g/mol. The second kappa shape index (κ2) is 10.9. The zero-order valence-electron chi connectivity index (χ0n) is 19.5. The molecular formula is C29H30N4O3. The standard InChI is InChI=1S/C28H26N4O3.CH4/c1-19-5-4-6-23(15-19)30-27(33)21-8-7-20-9-10-24(17-22(20)16-21)35-25-11-12-29-26(18-25)31-28(34)32-13-2-3-14-32;/h4-12,15-18H,2-3,13-14H2,1H3,(H,30,33)(H,29,31,34);1H4. The van der Waals surface area contributed by atoms with Crippen molar-refractivity contribution in [1.29, 1.82) is 0 Å². The molecular weight excluding hydrogens is 452 g/mol. The predicted octanol–water partition coefficient (Wildman–Crippen LogP) is 6.85. The van der Waals surface area contributed by atoms with Gasteiger partial charge in [-0.2, -0.15) is 0 Å². The Morgan fingerprint density at radius 2 is 1.64 bits per heavy atom. The highest BCUT2D eigenvalue weighted by Gasteiger charge is 2.18. The average Bonchev–Trinajstić information content (AvgIpc) is 3.39. The minimum Gasteiger partial charge on any atom is -0.457 e. The molecule has 2 heterocycles. The Morgan fingerprint density at radius 3 is 2.44 bits per heavy atom. The van der Waals surface area contributed by atoms with Gasteiger partial charge in [-0.25, -0.2) is 9.78 Å². The third kappa shape index (κ3) is 5.81. The van der Waals surface area contributed by atoms with Crippen LogP contribution in [0.25, 0.3) is 10.8 Å². The lowest BCUT2D eigenvalue weighted by Gasteiger charge is -2.16. The smallest absolute Gasteiger partial charge is 0.323 e. The molecule has 0 spiro atoms. The predicted molar refractivity (Wildman–Crippen MR) is 144 cm³/mol. The van der Waals surface area contributed by atoms with E-state index < -0.39 is 0 Å². The molecule has 1 aliphatic heterocycles. The number of carbonyl (C=O) groups is 2. The number of likely N-dealkylation sites (tertiary alicyclic amines) is 1. The molecule has 0 aliphatic carbocycles. The van der Waals surface area contributed by atoms with Gasteiger partial charge in [0.2, 0.25) is 0 Å². The fraction of sp³-hybridized carbons (Fsp3) is 0.207. The summed E-state index contributed by atoms with van der Waals surface area (Å²) in [7, 11) is 0. The highest BCUT2D eigenvalue weighted by Crippen LogP contribution is 2.28. The largest absolute Gasteiger partial charge is 0.457 e. The van der Waals surface area contributed by atoms with Crippen LogP contribution in [0.3, 0.4) is 0 Å². The zero-order valence-corrected chi connectivity index (χ0v) is 19.5. The van der Waals surface area contributed by atoms with Crippen molar-refractivity contribution in [2.45, 2.75) is 27.2 Å². The van der Waals surface area contributed by atoms with Crippen molar-refractivity contribution in [1.82, 2.24) is 9.88 Å². The molecule has 7 heteroatoms. The molecule has 3 amide bonds. The third-order valence-electron chi connectivity index (χ3n) is 5.95. The lowest BCUT2D eigenvalue weighted by atomic mass is 10.1. The number of ether oxygens (including phenoxy) is 1. The molecule has 0 atom stereocenters. The first-order valence-electron chi connectivity index (χ1n) is 11.7. The SMILES string of the molecule is C.Cc1cccc(NC(=O)c2ccc3ccc(Oc4ccnc(NC(=O)N5CCCC5)c4)cc3c2)c1. The number of aryl methyl sites for hydroxylation is 1. The number of pyridine rings is 1. The van der Waals surface area contributed by atoms with Crippen molar-refractivity contribution in [2.75, 3.05) is 23.7 Å². The molecule has 1 aliphatic rings. The molecule has 1 fully saturated rings. The number of anilines is 2. The van der Waals surface area contributed by atoms with E-state index in [1.54, 1.807) is 23.2 Å². The van der Waals surface area contributed by atoms with Crippen LogP contribution >= 0.6 is 0 Å². The molecule has 0 bridgehead atoms. The van der Waals surface area contributed by atoms with Gasteiger partial charge in [-0.05, 0) is 78.6 Å². The molecule has 3 aromatic carbocycles. The van der Waals surface area contributed by atoms with Crippen LogP contribution in [0.2, 0.25) is 0 Å². The number of nitrogens with zero attached hydrogens (tertiary/aromatic N) is 2. The lowest BCUT2D eigenvalue weighted by Crippen LogP contribution is -2.32. The molecule has 0 unspecified atom stereocenters. The number of aromatic nitrogens is 1. The summed E-state index contributed by atoms with van der Waals surface area (Å²) in [6.07, 6.45) is 3.66. The number of rotatable bonds is 5. The summed E-state index contributed by atoms with van der Waals surface area (Å²) in [6.45, 7) is 3.52. The minimum absolute atomic E-state index is 0. The molecule has 4 aromatic rings. The van der Waals surface area contributed by atoms with Crippen LogP contribution in [0.15, 0.2) is 79.0 Å². The number of benzene rings is 3. The first-order chi connectivity index (χ1) is 17.0. The number of amides is 3. The highest BCUT2D eigenvalue weighted by atomic mass is 16.5. The van der Waals surface area contributed by atoms with Gasteiger partial charge >= 0.3 is 6.03 Å². The topological polar surface area (TPSA) is 83.6 Å². The summed E-state index contributed by atoms with van der Waals surface area (Å²) in [5.74, 6) is 1.45. The maximum absolute atomic E-state index is 12.8. The molecule has 1 saturated heterocycles. The van der Waals surface area contributed by atoms with Gasteiger partial charge in [-0.1, -0.05) is 31.7 Å². The molecule has 0 radical (unpaired) electrons. The van der Waals surface area contributed by atoms with Crippen molar-refractivity contribution < 1.29 is 14.3 Å². The highest BCUT2D eigenvalue weighted by molar-refractivity contribution is 6.06. The second-order valence-corrected chi connectivity index (χ2v) is 8.65. The summed E-state index contributed by atoms with van der Waals surface area (Å²) in [4.78, 5) is 31.1. The monoisotopic (exact) mass is 482 g/mol. The minimum atomic E-state index is -0.170. The molecule has 0 saturated carbocycles. The first kappa shape index (κ1) is 24.7.